The third-order valence-corrected chi connectivity index (χ3v) is 1.87. The van der Waals surface area contributed by atoms with Gasteiger partial charge < -0.3 is 5.11 Å². The molecule has 10 heavy (non-hydrogen) atoms. The van der Waals surface area contributed by atoms with Crippen LogP contribution in [0.5, 0.6) is 5.75 Å². The van der Waals surface area contributed by atoms with Crippen molar-refractivity contribution in [3.63, 3.8) is 0 Å². The Bertz CT molecular complexity index is 224. The molecule has 1 nitrogen and oxygen atoms in total. The van der Waals surface area contributed by atoms with Crippen molar-refractivity contribution in [3.8, 4) is 5.75 Å². The van der Waals surface area contributed by atoms with Crippen LogP contribution in [0, 0.1) is 20.8 Å². The van der Waals surface area contributed by atoms with E-state index >= 15 is 0 Å². The van der Waals surface area contributed by atoms with Gasteiger partial charge >= 0.3 is 0 Å². The Morgan fingerprint density at radius 2 is 1.80 bits per heavy atom. The van der Waals surface area contributed by atoms with Gasteiger partial charge in [-0.15, -0.1) is 0 Å². The van der Waals surface area contributed by atoms with Crippen molar-refractivity contribution < 1.29 is 5.11 Å². The number of aromatic hydroxyl groups is 1. The number of phenols is 1. The van der Waals surface area contributed by atoms with E-state index in [0.717, 1.165) is 16.7 Å². The van der Waals surface area contributed by atoms with Crippen molar-refractivity contribution in [2.45, 2.75) is 13.8 Å². The minimum Gasteiger partial charge on any atom is -0.508 e. The Morgan fingerprint density at radius 3 is 2.30 bits per heavy atom. The lowest BCUT2D eigenvalue weighted by Gasteiger charge is -2.04. The Balaban J connectivity index is 3.34. The maximum atomic E-state index is 9.20. The summed E-state index contributed by atoms with van der Waals surface area (Å²) in [5.74, 6) is 0.352. The third-order valence-electron chi connectivity index (χ3n) is 1.87. The molecule has 0 amide bonds. The lowest BCUT2D eigenvalue weighted by Crippen LogP contribution is -1.85. The second-order valence-electron chi connectivity index (χ2n) is 2.49. The van der Waals surface area contributed by atoms with E-state index in [4.69, 9.17) is 0 Å². The van der Waals surface area contributed by atoms with Gasteiger partial charge in [-0.05, 0) is 43.5 Å². The Kier molecular flexibility index (Phi) is 1.66. The molecule has 0 bridgehead atoms. The molecule has 0 saturated heterocycles. The molecule has 0 fully saturated rings. The normalized spacial score (nSPS) is 9.90. The summed E-state index contributed by atoms with van der Waals surface area (Å²) in [6.07, 6.45) is 0. The lowest BCUT2D eigenvalue weighted by molar-refractivity contribution is 0.470. The van der Waals surface area contributed by atoms with Gasteiger partial charge in [0.2, 0.25) is 0 Å². The zero-order chi connectivity index (χ0) is 7.72. The number of phenolic OH excluding ortho intramolecular Hbond substituents is 1. The van der Waals surface area contributed by atoms with Gasteiger partial charge in [-0.3, -0.25) is 0 Å². The summed E-state index contributed by atoms with van der Waals surface area (Å²) in [5.41, 5.74) is 2.97. The fourth-order valence-corrected chi connectivity index (χ4v) is 0.862. The minimum absolute atomic E-state index is 0.352. The fourth-order valence-electron chi connectivity index (χ4n) is 0.862. The van der Waals surface area contributed by atoms with E-state index in [0.29, 0.717) is 5.75 Å². The van der Waals surface area contributed by atoms with Gasteiger partial charge in [0.25, 0.3) is 0 Å². The molecular weight excluding hydrogens is 124 g/mol. The largest absolute Gasteiger partial charge is 0.508 e. The summed E-state index contributed by atoms with van der Waals surface area (Å²) in [6.45, 7) is 7.65. The number of benzene rings is 1. The van der Waals surface area contributed by atoms with Gasteiger partial charge in [-0.2, -0.15) is 0 Å². The van der Waals surface area contributed by atoms with Gasteiger partial charge in [-0.1, -0.05) is 6.07 Å². The fraction of sp³-hybridized carbons (Fsp3) is 0.222. The predicted molar refractivity (Wildman–Crippen MR) is 42.0 cm³/mol. The molecule has 1 aromatic carbocycles. The van der Waals surface area contributed by atoms with E-state index in [1.165, 1.54) is 0 Å². The van der Waals surface area contributed by atoms with Crippen molar-refractivity contribution in [2.75, 3.05) is 0 Å². The molecule has 1 aromatic rings. The highest BCUT2D eigenvalue weighted by atomic mass is 16.3. The molecule has 0 aliphatic heterocycles. The van der Waals surface area contributed by atoms with E-state index in [1.807, 2.05) is 19.9 Å². The molecule has 0 unspecified atom stereocenters. The molecule has 1 radical (unpaired) electrons. The van der Waals surface area contributed by atoms with Crippen molar-refractivity contribution in [1.29, 1.82) is 0 Å². The van der Waals surface area contributed by atoms with Crippen LogP contribution < -0.4 is 0 Å². The van der Waals surface area contributed by atoms with Crippen molar-refractivity contribution >= 4 is 0 Å². The summed E-state index contributed by atoms with van der Waals surface area (Å²) >= 11 is 0. The van der Waals surface area contributed by atoms with E-state index in [1.54, 1.807) is 6.07 Å². The second kappa shape index (κ2) is 2.33. The molecule has 0 spiro atoms. The highest BCUT2D eigenvalue weighted by molar-refractivity contribution is 5.43. The molecule has 1 N–H and O–H groups in total. The van der Waals surface area contributed by atoms with Crippen LogP contribution in [0.1, 0.15) is 16.7 Å². The second-order valence-corrected chi connectivity index (χ2v) is 2.49. The summed E-state index contributed by atoms with van der Waals surface area (Å²) in [7, 11) is 0. The average molecular weight is 135 g/mol. The Morgan fingerprint density at radius 1 is 1.20 bits per heavy atom. The quantitative estimate of drug-likeness (QED) is 0.578. The topological polar surface area (TPSA) is 20.2 Å². The third kappa shape index (κ3) is 0.991. The summed E-state index contributed by atoms with van der Waals surface area (Å²) in [5, 5.41) is 9.20. The maximum absolute atomic E-state index is 9.20. The summed E-state index contributed by atoms with van der Waals surface area (Å²) < 4.78 is 0. The number of hydrogen-bond acceptors (Lipinski definition) is 1. The lowest BCUT2D eigenvalue weighted by atomic mass is 10.0. The van der Waals surface area contributed by atoms with Crippen LogP contribution in [0.4, 0.5) is 0 Å². The molecule has 0 aliphatic rings. The number of hydrogen-bond donors (Lipinski definition) is 1. The minimum atomic E-state index is 0.352. The number of rotatable bonds is 0. The van der Waals surface area contributed by atoms with Gasteiger partial charge in [0, 0.05) is 0 Å². The van der Waals surface area contributed by atoms with Gasteiger partial charge in [0.15, 0.2) is 0 Å². The molecular formula is C9H11O. The monoisotopic (exact) mass is 135 g/mol. The average Bonchev–Trinajstić information content (AvgIpc) is 1.93. The summed E-state index contributed by atoms with van der Waals surface area (Å²) in [6, 6.07) is 3.49. The molecule has 0 aromatic heterocycles. The van der Waals surface area contributed by atoms with Crippen molar-refractivity contribution in [2.24, 2.45) is 0 Å². The van der Waals surface area contributed by atoms with E-state index in [2.05, 4.69) is 6.92 Å². The molecule has 1 rings (SSSR count). The first-order valence-electron chi connectivity index (χ1n) is 3.24. The van der Waals surface area contributed by atoms with Crippen LogP contribution in [0.15, 0.2) is 12.1 Å². The molecule has 0 atom stereocenters. The molecule has 0 heterocycles. The SMILES string of the molecule is [CH2]c1ccc(O)c(C)c1C. The van der Waals surface area contributed by atoms with E-state index in [9.17, 15) is 5.11 Å². The first-order valence-corrected chi connectivity index (χ1v) is 3.24. The van der Waals surface area contributed by atoms with Crippen molar-refractivity contribution in [1.82, 2.24) is 0 Å². The predicted octanol–water partition coefficient (Wildman–Crippen LogP) is 2.19. The van der Waals surface area contributed by atoms with Crippen LogP contribution in [0.2, 0.25) is 0 Å². The molecule has 53 valence electrons. The van der Waals surface area contributed by atoms with Gasteiger partial charge in [0.1, 0.15) is 5.75 Å². The van der Waals surface area contributed by atoms with Gasteiger partial charge in [0.05, 0.1) is 0 Å². The Labute approximate surface area is 61.3 Å². The van der Waals surface area contributed by atoms with Gasteiger partial charge in [-0.25, -0.2) is 0 Å². The highest BCUT2D eigenvalue weighted by Crippen LogP contribution is 2.21. The van der Waals surface area contributed by atoms with Crippen LogP contribution in [0.25, 0.3) is 0 Å². The van der Waals surface area contributed by atoms with Crippen LogP contribution in [-0.2, 0) is 0 Å². The van der Waals surface area contributed by atoms with E-state index in [-0.39, 0.29) is 0 Å². The zero-order valence-electron chi connectivity index (χ0n) is 6.31. The maximum Gasteiger partial charge on any atom is 0.118 e. The standard InChI is InChI=1S/C9H11O/c1-6-4-5-9(10)8(3)7(6)2/h4-5,10H,1H2,2-3H3. The van der Waals surface area contributed by atoms with Crippen molar-refractivity contribution in [3.05, 3.63) is 35.7 Å². The van der Waals surface area contributed by atoms with Crippen LogP contribution in [-0.4, -0.2) is 5.11 Å². The van der Waals surface area contributed by atoms with E-state index < -0.39 is 0 Å². The molecule has 1 heteroatoms. The zero-order valence-corrected chi connectivity index (χ0v) is 6.31. The van der Waals surface area contributed by atoms with Crippen LogP contribution >= 0.6 is 0 Å². The summed E-state index contributed by atoms with van der Waals surface area (Å²) in [4.78, 5) is 0. The first-order chi connectivity index (χ1) is 4.63. The molecule has 0 aliphatic carbocycles. The van der Waals surface area contributed by atoms with Crippen LogP contribution in [0.3, 0.4) is 0 Å². The highest BCUT2D eigenvalue weighted by Gasteiger charge is 1.99. The smallest absolute Gasteiger partial charge is 0.118 e. The Hall–Kier alpha value is -0.980. The molecule has 0 saturated carbocycles. The first kappa shape index (κ1) is 7.13.